The van der Waals surface area contributed by atoms with E-state index in [1.54, 1.807) is 0 Å². The van der Waals surface area contributed by atoms with Crippen molar-refractivity contribution in [1.82, 2.24) is 4.98 Å². The Morgan fingerprint density at radius 3 is 3.00 bits per heavy atom. The van der Waals surface area contributed by atoms with E-state index < -0.39 is 5.82 Å². The molecule has 0 saturated heterocycles. The first-order valence-electron chi connectivity index (χ1n) is 3.34. The van der Waals surface area contributed by atoms with Gasteiger partial charge in [-0.3, -0.25) is 0 Å². The van der Waals surface area contributed by atoms with E-state index in [-0.39, 0.29) is 12.3 Å². The van der Waals surface area contributed by atoms with Gasteiger partial charge in [0.25, 0.3) is 0 Å². The normalized spacial score (nSPS) is 9.08. The number of pyridine rings is 1. The first-order valence-corrected chi connectivity index (χ1v) is 3.34. The van der Waals surface area contributed by atoms with Crippen LogP contribution in [0.5, 0.6) is 5.88 Å². The van der Waals surface area contributed by atoms with Crippen molar-refractivity contribution in [3.05, 3.63) is 23.6 Å². The minimum absolute atomic E-state index is 0.0669. The van der Waals surface area contributed by atoms with Crippen LogP contribution in [-0.2, 0) is 6.42 Å². The number of hydrogen-bond acceptors (Lipinski definition) is 3. The molecule has 0 aliphatic carbocycles. The standard InChI is InChI=1S/C8H7FN2O/c1-12-8-7(9)3-2-6(11-8)4-5-10/h2-3H,4H2,1H3. The Hall–Kier alpha value is -1.63. The third kappa shape index (κ3) is 1.70. The SMILES string of the molecule is COc1nc(CC#N)ccc1F. The van der Waals surface area contributed by atoms with Gasteiger partial charge in [-0.15, -0.1) is 0 Å². The first-order chi connectivity index (χ1) is 5.77. The lowest BCUT2D eigenvalue weighted by molar-refractivity contribution is 0.368. The van der Waals surface area contributed by atoms with Crippen molar-refractivity contribution in [2.75, 3.05) is 7.11 Å². The lowest BCUT2D eigenvalue weighted by atomic mass is 10.3. The molecule has 0 spiro atoms. The Bertz CT molecular complexity index is 319. The molecule has 0 unspecified atom stereocenters. The second kappa shape index (κ2) is 3.67. The number of methoxy groups -OCH3 is 1. The van der Waals surface area contributed by atoms with E-state index in [9.17, 15) is 4.39 Å². The zero-order chi connectivity index (χ0) is 8.97. The molecule has 0 aliphatic rings. The molecular weight excluding hydrogens is 159 g/mol. The highest BCUT2D eigenvalue weighted by Crippen LogP contribution is 2.13. The maximum atomic E-state index is 12.7. The molecule has 12 heavy (non-hydrogen) atoms. The lowest BCUT2D eigenvalue weighted by Gasteiger charge is -2.00. The highest BCUT2D eigenvalue weighted by Gasteiger charge is 2.04. The van der Waals surface area contributed by atoms with Gasteiger partial charge in [0.2, 0.25) is 5.88 Å². The van der Waals surface area contributed by atoms with E-state index in [2.05, 4.69) is 9.72 Å². The van der Waals surface area contributed by atoms with Gasteiger partial charge in [-0.2, -0.15) is 5.26 Å². The fourth-order valence-corrected chi connectivity index (χ4v) is 0.784. The predicted molar refractivity (Wildman–Crippen MR) is 40.1 cm³/mol. The molecule has 0 aromatic carbocycles. The molecule has 1 aromatic rings. The molecule has 0 atom stereocenters. The van der Waals surface area contributed by atoms with Gasteiger partial charge in [-0.1, -0.05) is 0 Å². The van der Waals surface area contributed by atoms with Crippen molar-refractivity contribution in [1.29, 1.82) is 5.26 Å². The van der Waals surface area contributed by atoms with Crippen molar-refractivity contribution in [3.8, 4) is 11.9 Å². The third-order valence-corrected chi connectivity index (χ3v) is 1.33. The summed E-state index contributed by atoms with van der Waals surface area (Å²) in [5.41, 5.74) is 0.510. The topological polar surface area (TPSA) is 45.9 Å². The van der Waals surface area contributed by atoms with Gasteiger partial charge in [-0.05, 0) is 12.1 Å². The summed E-state index contributed by atoms with van der Waals surface area (Å²) in [5, 5.41) is 8.33. The second-order valence-corrected chi connectivity index (χ2v) is 2.13. The van der Waals surface area contributed by atoms with Gasteiger partial charge in [-0.25, -0.2) is 9.37 Å². The number of nitriles is 1. The Morgan fingerprint density at radius 1 is 1.67 bits per heavy atom. The molecule has 1 rings (SSSR count). The van der Waals surface area contributed by atoms with E-state index >= 15 is 0 Å². The minimum atomic E-state index is -0.515. The van der Waals surface area contributed by atoms with E-state index in [0.29, 0.717) is 5.69 Å². The zero-order valence-corrected chi connectivity index (χ0v) is 6.54. The van der Waals surface area contributed by atoms with Gasteiger partial charge >= 0.3 is 0 Å². The molecule has 0 aliphatic heterocycles. The summed E-state index contributed by atoms with van der Waals surface area (Å²) in [5.74, 6) is -0.582. The summed E-state index contributed by atoms with van der Waals surface area (Å²) in [6, 6.07) is 4.61. The van der Waals surface area contributed by atoms with Crippen molar-refractivity contribution < 1.29 is 9.13 Å². The number of hydrogen-bond donors (Lipinski definition) is 0. The van der Waals surface area contributed by atoms with Gasteiger partial charge in [0.05, 0.1) is 25.3 Å². The van der Waals surface area contributed by atoms with Gasteiger partial charge in [0.15, 0.2) is 5.82 Å². The number of halogens is 1. The fraction of sp³-hybridized carbons (Fsp3) is 0.250. The molecule has 1 aromatic heterocycles. The van der Waals surface area contributed by atoms with Crippen molar-refractivity contribution in [3.63, 3.8) is 0 Å². The quantitative estimate of drug-likeness (QED) is 0.665. The summed E-state index contributed by atoms with van der Waals surface area (Å²) >= 11 is 0. The highest BCUT2D eigenvalue weighted by atomic mass is 19.1. The summed E-state index contributed by atoms with van der Waals surface area (Å²) < 4.78 is 17.4. The van der Waals surface area contributed by atoms with Crippen LogP contribution in [0, 0.1) is 17.1 Å². The molecule has 0 N–H and O–H groups in total. The van der Waals surface area contributed by atoms with E-state index in [1.807, 2.05) is 6.07 Å². The van der Waals surface area contributed by atoms with E-state index in [4.69, 9.17) is 5.26 Å². The van der Waals surface area contributed by atoms with Crippen molar-refractivity contribution in [2.24, 2.45) is 0 Å². The molecule has 4 heteroatoms. The van der Waals surface area contributed by atoms with Crippen LogP contribution in [0.2, 0.25) is 0 Å². The number of nitrogens with zero attached hydrogens (tertiary/aromatic N) is 2. The van der Waals surface area contributed by atoms with Crippen LogP contribution < -0.4 is 4.74 Å². The fourth-order valence-electron chi connectivity index (χ4n) is 0.784. The second-order valence-electron chi connectivity index (χ2n) is 2.13. The zero-order valence-electron chi connectivity index (χ0n) is 6.54. The van der Waals surface area contributed by atoms with Crippen molar-refractivity contribution in [2.45, 2.75) is 6.42 Å². The maximum absolute atomic E-state index is 12.7. The van der Waals surface area contributed by atoms with E-state index in [1.165, 1.54) is 19.2 Å². The first kappa shape index (κ1) is 8.47. The van der Waals surface area contributed by atoms with Gasteiger partial charge in [0, 0.05) is 0 Å². The number of aromatic nitrogens is 1. The number of ether oxygens (including phenoxy) is 1. The lowest BCUT2D eigenvalue weighted by Crippen LogP contribution is -1.95. The molecule has 3 nitrogen and oxygen atoms in total. The molecule has 62 valence electrons. The molecule has 0 bridgehead atoms. The Kier molecular flexibility index (Phi) is 2.59. The van der Waals surface area contributed by atoms with Gasteiger partial charge < -0.3 is 4.74 Å². The third-order valence-electron chi connectivity index (χ3n) is 1.33. The highest BCUT2D eigenvalue weighted by molar-refractivity contribution is 5.19. The molecule has 1 heterocycles. The van der Waals surface area contributed by atoms with Crippen LogP contribution in [0.1, 0.15) is 5.69 Å². The Balaban J connectivity index is 2.98. The van der Waals surface area contributed by atoms with Crippen LogP contribution in [0.15, 0.2) is 12.1 Å². The average Bonchev–Trinajstić information content (AvgIpc) is 2.09. The summed E-state index contributed by atoms with van der Waals surface area (Å²) in [4.78, 5) is 3.76. The van der Waals surface area contributed by atoms with E-state index in [0.717, 1.165) is 0 Å². The maximum Gasteiger partial charge on any atom is 0.250 e. The monoisotopic (exact) mass is 166 g/mol. The Morgan fingerprint density at radius 2 is 2.42 bits per heavy atom. The van der Waals surface area contributed by atoms with Crippen LogP contribution in [0.25, 0.3) is 0 Å². The molecule has 0 amide bonds. The van der Waals surface area contributed by atoms with Crippen LogP contribution in [0.3, 0.4) is 0 Å². The van der Waals surface area contributed by atoms with Crippen LogP contribution in [-0.4, -0.2) is 12.1 Å². The predicted octanol–water partition coefficient (Wildman–Crippen LogP) is 1.30. The minimum Gasteiger partial charge on any atom is -0.479 e. The largest absolute Gasteiger partial charge is 0.479 e. The van der Waals surface area contributed by atoms with Crippen molar-refractivity contribution >= 4 is 0 Å². The summed E-state index contributed by atoms with van der Waals surface area (Å²) in [6.07, 6.45) is 0.163. The molecule has 0 fully saturated rings. The Labute approximate surface area is 69.4 Å². The smallest absolute Gasteiger partial charge is 0.250 e. The summed E-state index contributed by atoms with van der Waals surface area (Å²) in [7, 11) is 1.33. The molecular formula is C8H7FN2O. The number of rotatable bonds is 2. The molecule has 0 saturated carbocycles. The van der Waals surface area contributed by atoms with Crippen LogP contribution in [0.4, 0.5) is 4.39 Å². The van der Waals surface area contributed by atoms with Gasteiger partial charge in [0.1, 0.15) is 0 Å². The van der Waals surface area contributed by atoms with Crippen LogP contribution >= 0.6 is 0 Å². The average molecular weight is 166 g/mol. The molecule has 0 radical (unpaired) electrons. The summed E-state index contributed by atoms with van der Waals surface area (Å²) in [6.45, 7) is 0.